The maximum absolute atomic E-state index is 12.8. The molecule has 1 aromatic rings. The number of carboxylic acid groups (broad SMARTS) is 1. The summed E-state index contributed by atoms with van der Waals surface area (Å²) >= 11 is 0. The van der Waals surface area contributed by atoms with Crippen molar-refractivity contribution in [1.29, 1.82) is 0 Å². The molecule has 132 valence electrons. The number of carbonyl (C=O) groups is 2. The lowest BCUT2D eigenvalue weighted by Crippen LogP contribution is -2.46. The van der Waals surface area contributed by atoms with E-state index in [9.17, 15) is 23.1 Å². The monoisotopic (exact) mass is 358 g/mol. The van der Waals surface area contributed by atoms with Gasteiger partial charge in [-0.15, -0.1) is 0 Å². The third-order valence-corrected chi connectivity index (χ3v) is 5.41. The number of carboxylic acids is 1. The lowest BCUT2D eigenvalue weighted by molar-refractivity contribution is -0.140. The van der Waals surface area contributed by atoms with Crippen LogP contribution in [0.5, 0.6) is 11.5 Å². The highest BCUT2D eigenvalue weighted by molar-refractivity contribution is 7.89. The summed E-state index contributed by atoms with van der Waals surface area (Å²) in [4.78, 5) is 22.1. The smallest absolute Gasteiger partial charge is 0.321 e. The molecule has 0 aliphatic carbocycles. The second-order valence-electron chi connectivity index (χ2n) is 5.13. The summed E-state index contributed by atoms with van der Waals surface area (Å²) in [6.07, 6.45) is 0. The summed E-state index contributed by atoms with van der Waals surface area (Å²) in [5, 5.41) is 11.6. The Morgan fingerprint density at radius 3 is 2.62 bits per heavy atom. The number of amides is 1. The van der Waals surface area contributed by atoms with Crippen LogP contribution in [0.4, 0.5) is 0 Å². The van der Waals surface area contributed by atoms with E-state index in [1.807, 2.05) is 0 Å². The fourth-order valence-electron chi connectivity index (χ4n) is 2.16. The van der Waals surface area contributed by atoms with Gasteiger partial charge in [0.25, 0.3) is 0 Å². The largest absolute Gasteiger partial charge is 0.480 e. The van der Waals surface area contributed by atoms with E-state index >= 15 is 0 Å². The van der Waals surface area contributed by atoms with Crippen molar-refractivity contribution >= 4 is 21.9 Å². The summed E-state index contributed by atoms with van der Waals surface area (Å²) < 4.78 is 36.7. The van der Waals surface area contributed by atoms with Crippen molar-refractivity contribution in [3.05, 3.63) is 18.2 Å². The molecule has 24 heavy (non-hydrogen) atoms. The molecule has 0 spiro atoms. The quantitative estimate of drug-likeness (QED) is 0.704. The SMILES string of the molecule is CC(=O)NCCN(C(C)C(=O)O)S(=O)(=O)c1ccc2c(c1)OCO2. The van der Waals surface area contributed by atoms with Crippen LogP contribution >= 0.6 is 0 Å². The summed E-state index contributed by atoms with van der Waals surface area (Å²) in [6, 6.07) is 2.77. The van der Waals surface area contributed by atoms with Crippen LogP contribution in [0.25, 0.3) is 0 Å². The zero-order chi connectivity index (χ0) is 17.9. The normalized spacial score (nSPS) is 14.5. The van der Waals surface area contributed by atoms with Crippen LogP contribution in [0, 0.1) is 0 Å². The number of benzene rings is 1. The average molecular weight is 358 g/mol. The van der Waals surface area contributed by atoms with Crippen LogP contribution in [0.3, 0.4) is 0 Å². The van der Waals surface area contributed by atoms with Crippen LogP contribution in [-0.4, -0.2) is 55.6 Å². The summed E-state index contributed by atoms with van der Waals surface area (Å²) in [7, 11) is -4.10. The van der Waals surface area contributed by atoms with Crippen LogP contribution in [0.1, 0.15) is 13.8 Å². The van der Waals surface area contributed by atoms with Crippen LogP contribution in [-0.2, 0) is 19.6 Å². The fourth-order valence-corrected chi connectivity index (χ4v) is 3.76. The van der Waals surface area contributed by atoms with E-state index in [1.165, 1.54) is 32.0 Å². The third kappa shape index (κ3) is 3.77. The molecule has 1 amide bonds. The van der Waals surface area contributed by atoms with Gasteiger partial charge in [0.2, 0.25) is 22.7 Å². The van der Waals surface area contributed by atoms with Crippen LogP contribution < -0.4 is 14.8 Å². The number of nitrogens with zero attached hydrogens (tertiary/aromatic N) is 1. The Kier molecular flexibility index (Phi) is 5.30. The molecule has 1 unspecified atom stereocenters. The Hall–Kier alpha value is -2.33. The van der Waals surface area contributed by atoms with E-state index in [0.29, 0.717) is 5.75 Å². The number of aliphatic carboxylic acids is 1. The molecule has 0 aromatic heterocycles. The highest BCUT2D eigenvalue weighted by Crippen LogP contribution is 2.34. The average Bonchev–Trinajstić information content (AvgIpc) is 2.97. The fraction of sp³-hybridized carbons (Fsp3) is 0.429. The first-order valence-corrected chi connectivity index (χ1v) is 8.56. The van der Waals surface area contributed by atoms with Crippen molar-refractivity contribution in [1.82, 2.24) is 9.62 Å². The minimum atomic E-state index is -4.10. The van der Waals surface area contributed by atoms with Gasteiger partial charge in [0.05, 0.1) is 4.90 Å². The lowest BCUT2D eigenvalue weighted by Gasteiger charge is -2.25. The molecule has 0 radical (unpaired) electrons. The minimum Gasteiger partial charge on any atom is -0.480 e. The standard InChI is InChI=1S/C14H18N2O7S/c1-9(14(18)19)16(6-5-15-10(2)17)24(20,21)11-3-4-12-13(7-11)23-8-22-12/h3-4,7,9H,5-6,8H2,1-2H3,(H,15,17)(H,18,19). The van der Waals surface area contributed by atoms with Crippen molar-refractivity contribution in [2.75, 3.05) is 19.9 Å². The van der Waals surface area contributed by atoms with Gasteiger partial charge in [-0.25, -0.2) is 8.42 Å². The van der Waals surface area contributed by atoms with E-state index in [-0.39, 0.29) is 36.4 Å². The van der Waals surface area contributed by atoms with Gasteiger partial charge in [0.1, 0.15) is 6.04 Å². The molecule has 10 heteroatoms. The van der Waals surface area contributed by atoms with E-state index < -0.39 is 22.0 Å². The van der Waals surface area contributed by atoms with Gasteiger partial charge in [-0.1, -0.05) is 0 Å². The zero-order valence-corrected chi connectivity index (χ0v) is 14.0. The summed E-state index contributed by atoms with van der Waals surface area (Å²) in [5.41, 5.74) is 0. The zero-order valence-electron chi connectivity index (χ0n) is 13.2. The van der Waals surface area contributed by atoms with Gasteiger partial charge in [0, 0.05) is 26.1 Å². The Morgan fingerprint density at radius 1 is 1.33 bits per heavy atom. The highest BCUT2D eigenvalue weighted by atomic mass is 32.2. The maximum Gasteiger partial charge on any atom is 0.321 e. The first-order valence-electron chi connectivity index (χ1n) is 7.12. The first kappa shape index (κ1) is 18.0. The van der Waals surface area contributed by atoms with Gasteiger partial charge >= 0.3 is 5.97 Å². The van der Waals surface area contributed by atoms with E-state index in [2.05, 4.69) is 5.32 Å². The molecule has 0 saturated heterocycles. The minimum absolute atomic E-state index is 0.00324. The van der Waals surface area contributed by atoms with Gasteiger partial charge in [-0.3, -0.25) is 9.59 Å². The second-order valence-corrected chi connectivity index (χ2v) is 7.02. The van der Waals surface area contributed by atoms with Crippen LogP contribution in [0.15, 0.2) is 23.1 Å². The molecule has 0 fully saturated rings. The molecule has 9 nitrogen and oxygen atoms in total. The highest BCUT2D eigenvalue weighted by Gasteiger charge is 2.33. The third-order valence-electron chi connectivity index (χ3n) is 3.45. The molecule has 1 aliphatic heterocycles. The molecule has 2 N–H and O–H groups in total. The lowest BCUT2D eigenvalue weighted by atomic mass is 10.3. The summed E-state index contributed by atoms with van der Waals surface area (Å²) in [6.45, 7) is 2.37. The number of ether oxygens (including phenoxy) is 2. The van der Waals surface area contributed by atoms with E-state index in [1.54, 1.807) is 0 Å². The number of carbonyl (C=O) groups excluding carboxylic acids is 1. The number of nitrogens with one attached hydrogen (secondary N) is 1. The van der Waals surface area contributed by atoms with Gasteiger partial charge in [-0.2, -0.15) is 4.31 Å². The predicted octanol–water partition coefficient (Wildman–Crippen LogP) is 0.0152. The van der Waals surface area contributed by atoms with Crippen molar-refractivity contribution in [2.45, 2.75) is 24.8 Å². The maximum atomic E-state index is 12.8. The number of hydrogen-bond donors (Lipinski definition) is 2. The Morgan fingerprint density at radius 2 is 2.00 bits per heavy atom. The molecule has 1 aliphatic rings. The molecule has 1 aromatic carbocycles. The number of hydrogen-bond acceptors (Lipinski definition) is 6. The van der Waals surface area contributed by atoms with Crippen molar-refractivity contribution in [3.8, 4) is 11.5 Å². The molecule has 1 atom stereocenters. The molecule has 2 rings (SSSR count). The number of sulfonamides is 1. The van der Waals surface area contributed by atoms with E-state index in [4.69, 9.17) is 9.47 Å². The van der Waals surface area contributed by atoms with E-state index in [0.717, 1.165) is 4.31 Å². The number of fused-ring (bicyclic) bond motifs is 1. The van der Waals surface area contributed by atoms with Crippen molar-refractivity contribution in [2.24, 2.45) is 0 Å². The first-order chi connectivity index (χ1) is 11.2. The Bertz CT molecular complexity index is 747. The van der Waals surface area contributed by atoms with Gasteiger partial charge < -0.3 is 19.9 Å². The molecular weight excluding hydrogens is 340 g/mol. The van der Waals surface area contributed by atoms with Gasteiger partial charge in [-0.05, 0) is 19.1 Å². The van der Waals surface area contributed by atoms with Crippen LogP contribution in [0.2, 0.25) is 0 Å². The topological polar surface area (TPSA) is 122 Å². The number of rotatable bonds is 7. The Balaban J connectivity index is 2.31. The Labute approximate surface area is 139 Å². The molecule has 0 saturated carbocycles. The van der Waals surface area contributed by atoms with Gasteiger partial charge in [0.15, 0.2) is 11.5 Å². The molecular formula is C14H18N2O7S. The molecule has 0 bridgehead atoms. The van der Waals surface area contributed by atoms with Crippen molar-refractivity contribution < 1.29 is 32.6 Å². The molecule has 1 heterocycles. The summed E-state index contributed by atoms with van der Waals surface area (Å²) in [5.74, 6) is -0.925. The van der Waals surface area contributed by atoms with Crippen molar-refractivity contribution in [3.63, 3.8) is 0 Å². The predicted molar refractivity (Wildman–Crippen MR) is 82.2 cm³/mol. The second kappa shape index (κ2) is 7.05.